The van der Waals surface area contributed by atoms with Gasteiger partial charge in [-0.3, -0.25) is 14.6 Å². The summed E-state index contributed by atoms with van der Waals surface area (Å²) < 4.78 is 1.38. The van der Waals surface area contributed by atoms with E-state index in [1.54, 1.807) is 18.5 Å². The summed E-state index contributed by atoms with van der Waals surface area (Å²) in [6.07, 6.45) is 5.51. The molecule has 0 fully saturated rings. The van der Waals surface area contributed by atoms with Gasteiger partial charge in [0.05, 0.1) is 12.2 Å². The first kappa shape index (κ1) is 18.5. The molecule has 1 amide bonds. The lowest BCUT2D eigenvalue weighted by Crippen LogP contribution is -2.31. The van der Waals surface area contributed by atoms with Gasteiger partial charge < -0.3 is 5.32 Å². The first-order valence-electron chi connectivity index (χ1n) is 9.01. The molecule has 0 spiro atoms. The Morgan fingerprint density at radius 2 is 1.78 bits per heavy atom. The van der Waals surface area contributed by atoms with Crippen molar-refractivity contribution in [1.29, 1.82) is 0 Å². The predicted molar refractivity (Wildman–Crippen MR) is 104 cm³/mol. The molecule has 0 atom stereocenters. The van der Waals surface area contributed by atoms with E-state index in [9.17, 15) is 9.59 Å². The summed E-state index contributed by atoms with van der Waals surface area (Å²) in [5.74, 6) is -0.00994. The van der Waals surface area contributed by atoms with Gasteiger partial charge in [0.2, 0.25) is 5.91 Å². The standard InChI is InChI=1S/C21H22N4O2/c26-20(8-4-7-17-5-2-1-3-6-17)23-15-16-25-21(27)10-9-19(24-25)18-11-13-22-14-12-18/h1-3,5-6,9-14H,4,7-8,15-16H2,(H,23,26). The quantitative estimate of drug-likeness (QED) is 0.668. The van der Waals surface area contributed by atoms with Crippen molar-refractivity contribution in [1.82, 2.24) is 20.1 Å². The van der Waals surface area contributed by atoms with Gasteiger partial charge in [0.25, 0.3) is 5.56 Å². The van der Waals surface area contributed by atoms with Crippen LogP contribution in [0, 0.1) is 0 Å². The molecule has 3 rings (SSSR count). The number of carbonyl (C=O) groups is 1. The van der Waals surface area contributed by atoms with Crippen LogP contribution in [0.2, 0.25) is 0 Å². The molecule has 0 aliphatic rings. The summed E-state index contributed by atoms with van der Waals surface area (Å²) in [6.45, 7) is 0.707. The fraction of sp³-hybridized carbons (Fsp3) is 0.238. The lowest BCUT2D eigenvalue weighted by atomic mass is 10.1. The summed E-state index contributed by atoms with van der Waals surface area (Å²) in [6, 6.07) is 17.0. The molecule has 2 aromatic heterocycles. The molecule has 0 aliphatic heterocycles. The van der Waals surface area contributed by atoms with E-state index in [0.717, 1.165) is 18.4 Å². The first-order valence-corrected chi connectivity index (χ1v) is 9.01. The second-order valence-corrected chi connectivity index (χ2v) is 6.20. The molecule has 0 saturated heterocycles. The van der Waals surface area contributed by atoms with Crippen molar-refractivity contribution < 1.29 is 4.79 Å². The Balaban J connectivity index is 1.47. The van der Waals surface area contributed by atoms with Crippen molar-refractivity contribution in [3.8, 4) is 11.3 Å². The van der Waals surface area contributed by atoms with Crippen LogP contribution < -0.4 is 10.9 Å². The average Bonchev–Trinajstić information content (AvgIpc) is 2.71. The van der Waals surface area contributed by atoms with Crippen molar-refractivity contribution in [2.75, 3.05) is 6.54 Å². The van der Waals surface area contributed by atoms with Crippen LogP contribution in [0.25, 0.3) is 11.3 Å². The smallest absolute Gasteiger partial charge is 0.266 e. The number of aryl methyl sites for hydroxylation is 1. The first-order chi connectivity index (χ1) is 13.2. The van der Waals surface area contributed by atoms with E-state index in [2.05, 4.69) is 27.5 Å². The topological polar surface area (TPSA) is 76.9 Å². The minimum absolute atomic E-state index is 0.00994. The fourth-order valence-corrected chi connectivity index (χ4v) is 2.77. The molecule has 1 N–H and O–H groups in total. The van der Waals surface area contributed by atoms with Gasteiger partial charge in [-0.05, 0) is 36.6 Å². The molecule has 0 aliphatic carbocycles. The highest BCUT2D eigenvalue weighted by molar-refractivity contribution is 5.75. The van der Waals surface area contributed by atoms with Crippen molar-refractivity contribution in [2.45, 2.75) is 25.8 Å². The molecular weight excluding hydrogens is 340 g/mol. The molecule has 2 heterocycles. The highest BCUT2D eigenvalue weighted by Gasteiger charge is 2.05. The molecule has 0 bridgehead atoms. The Labute approximate surface area is 157 Å². The van der Waals surface area contributed by atoms with E-state index in [0.29, 0.717) is 25.2 Å². The molecule has 27 heavy (non-hydrogen) atoms. The maximum Gasteiger partial charge on any atom is 0.266 e. The number of rotatable bonds is 8. The number of nitrogens with one attached hydrogen (secondary N) is 1. The van der Waals surface area contributed by atoms with Crippen LogP contribution in [-0.2, 0) is 17.8 Å². The van der Waals surface area contributed by atoms with Crippen molar-refractivity contribution in [2.24, 2.45) is 0 Å². The number of hydrogen-bond acceptors (Lipinski definition) is 4. The second-order valence-electron chi connectivity index (χ2n) is 6.20. The van der Waals surface area contributed by atoms with Gasteiger partial charge in [-0.2, -0.15) is 5.10 Å². The summed E-state index contributed by atoms with van der Waals surface area (Å²) >= 11 is 0. The van der Waals surface area contributed by atoms with Gasteiger partial charge in [-0.25, -0.2) is 4.68 Å². The van der Waals surface area contributed by atoms with Crippen LogP contribution in [0.15, 0.2) is 71.8 Å². The van der Waals surface area contributed by atoms with E-state index in [4.69, 9.17) is 0 Å². The molecule has 1 aromatic carbocycles. The van der Waals surface area contributed by atoms with Crippen molar-refractivity contribution in [3.05, 3.63) is 82.9 Å². The summed E-state index contributed by atoms with van der Waals surface area (Å²) in [7, 11) is 0. The zero-order valence-electron chi connectivity index (χ0n) is 15.0. The molecule has 0 saturated carbocycles. The number of nitrogens with zero attached hydrogens (tertiary/aromatic N) is 3. The van der Waals surface area contributed by atoms with Crippen LogP contribution in [0.3, 0.4) is 0 Å². The highest BCUT2D eigenvalue weighted by atomic mass is 16.1. The lowest BCUT2D eigenvalue weighted by Gasteiger charge is -2.08. The molecule has 0 unspecified atom stereocenters. The minimum atomic E-state index is -0.189. The Kier molecular flexibility index (Phi) is 6.46. The summed E-state index contributed by atoms with van der Waals surface area (Å²) in [5, 5.41) is 7.22. The van der Waals surface area contributed by atoms with E-state index in [1.807, 2.05) is 30.3 Å². The number of aromatic nitrogens is 3. The van der Waals surface area contributed by atoms with Gasteiger partial charge in [0, 0.05) is 37.0 Å². The maximum atomic E-state index is 12.0. The maximum absolute atomic E-state index is 12.0. The monoisotopic (exact) mass is 362 g/mol. The lowest BCUT2D eigenvalue weighted by molar-refractivity contribution is -0.121. The van der Waals surface area contributed by atoms with Crippen molar-refractivity contribution >= 4 is 5.91 Å². The van der Waals surface area contributed by atoms with E-state index in [1.165, 1.54) is 16.3 Å². The number of carbonyl (C=O) groups excluding carboxylic acids is 1. The third kappa shape index (κ3) is 5.60. The van der Waals surface area contributed by atoms with Gasteiger partial charge in [-0.1, -0.05) is 30.3 Å². The Hall–Kier alpha value is -3.28. The minimum Gasteiger partial charge on any atom is -0.354 e. The van der Waals surface area contributed by atoms with Crippen LogP contribution >= 0.6 is 0 Å². The fourth-order valence-electron chi connectivity index (χ4n) is 2.77. The molecule has 138 valence electrons. The molecule has 6 heteroatoms. The van der Waals surface area contributed by atoms with Crippen LogP contribution in [0.1, 0.15) is 18.4 Å². The van der Waals surface area contributed by atoms with E-state index >= 15 is 0 Å². The predicted octanol–water partition coefficient (Wildman–Crippen LogP) is 2.44. The number of amides is 1. The second kappa shape index (κ2) is 9.43. The van der Waals surface area contributed by atoms with Gasteiger partial charge in [0.1, 0.15) is 0 Å². The number of benzene rings is 1. The largest absolute Gasteiger partial charge is 0.354 e. The van der Waals surface area contributed by atoms with Crippen LogP contribution in [-0.4, -0.2) is 27.2 Å². The van der Waals surface area contributed by atoms with E-state index in [-0.39, 0.29) is 11.5 Å². The number of hydrogen-bond donors (Lipinski definition) is 1. The Morgan fingerprint density at radius 3 is 2.56 bits per heavy atom. The molecule has 6 nitrogen and oxygen atoms in total. The van der Waals surface area contributed by atoms with Gasteiger partial charge in [-0.15, -0.1) is 0 Å². The molecule has 3 aromatic rings. The average molecular weight is 362 g/mol. The summed E-state index contributed by atoms with van der Waals surface area (Å²) in [5.41, 5.74) is 2.63. The third-order valence-corrected chi connectivity index (χ3v) is 4.20. The summed E-state index contributed by atoms with van der Waals surface area (Å²) in [4.78, 5) is 27.9. The Bertz CT molecular complexity index is 924. The highest BCUT2D eigenvalue weighted by Crippen LogP contribution is 2.12. The van der Waals surface area contributed by atoms with E-state index < -0.39 is 0 Å². The Morgan fingerprint density at radius 1 is 1.00 bits per heavy atom. The van der Waals surface area contributed by atoms with Crippen LogP contribution in [0.5, 0.6) is 0 Å². The zero-order valence-corrected chi connectivity index (χ0v) is 15.0. The normalized spacial score (nSPS) is 10.5. The van der Waals surface area contributed by atoms with Crippen molar-refractivity contribution in [3.63, 3.8) is 0 Å². The molecule has 0 radical (unpaired) electrons. The SMILES string of the molecule is O=C(CCCc1ccccc1)NCCn1nc(-c2ccncc2)ccc1=O. The number of pyridine rings is 1. The van der Waals surface area contributed by atoms with Gasteiger partial charge >= 0.3 is 0 Å². The zero-order chi connectivity index (χ0) is 18.9. The third-order valence-electron chi connectivity index (χ3n) is 4.20. The van der Waals surface area contributed by atoms with Gasteiger partial charge in [0.15, 0.2) is 0 Å². The molecular formula is C21H22N4O2. The van der Waals surface area contributed by atoms with Crippen LogP contribution in [0.4, 0.5) is 0 Å².